The third-order valence-electron chi connectivity index (χ3n) is 2.69. The zero-order valence-electron chi connectivity index (χ0n) is 7.97. The van der Waals surface area contributed by atoms with E-state index in [9.17, 15) is 4.79 Å². The van der Waals surface area contributed by atoms with Gasteiger partial charge in [0.2, 0.25) is 0 Å². The standard InChI is InChI=1S/C11H9N3O/c12-11(15)14-5-3-7-6-9-8(10(7)14)2-1-4-13-9/h1-4,6H,5H2,(H2,12,15). The highest BCUT2D eigenvalue weighted by molar-refractivity contribution is 5.92. The third-order valence-corrected chi connectivity index (χ3v) is 2.69. The van der Waals surface area contributed by atoms with Crippen LogP contribution in [0.25, 0.3) is 11.8 Å². The number of amides is 2. The molecule has 15 heavy (non-hydrogen) atoms. The van der Waals surface area contributed by atoms with E-state index in [0.29, 0.717) is 6.54 Å². The van der Waals surface area contributed by atoms with Crippen molar-refractivity contribution in [3.8, 4) is 0 Å². The molecule has 0 spiro atoms. The molecule has 0 atom stereocenters. The number of nitrogens with two attached hydrogens (primary N) is 1. The summed E-state index contributed by atoms with van der Waals surface area (Å²) < 4.78 is 0. The van der Waals surface area contributed by atoms with Gasteiger partial charge in [0.15, 0.2) is 0 Å². The number of rotatable bonds is 0. The molecule has 0 saturated heterocycles. The van der Waals surface area contributed by atoms with E-state index in [1.54, 1.807) is 11.1 Å². The zero-order valence-corrected chi connectivity index (χ0v) is 7.97. The highest BCUT2D eigenvalue weighted by atomic mass is 16.2. The molecule has 0 radical (unpaired) electrons. The summed E-state index contributed by atoms with van der Waals surface area (Å²) >= 11 is 0. The first-order valence-corrected chi connectivity index (χ1v) is 4.72. The van der Waals surface area contributed by atoms with Gasteiger partial charge >= 0.3 is 6.03 Å². The predicted molar refractivity (Wildman–Crippen MR) is 55.7 cm³/mol. The number of carbonyl (C=O) groups is 1. The molecule has 2 N–H and O–H groups in total. The summed E-state index contributed by atoms with van der Waals surface area (Å²) in [7, 11) is 0. The molecule has 74 valence electrons. The van der Waals surface area contributed by atoms with Crippen LogP contribution in [0.2, 0.25) is 0 Å². The van der Waals surface area contributed by atoms with Gasteiger partial charge < -0.3 is 5.73 Å². The molecule has 4 nitrogen and oxygen atoms in total. The molecular weight excluding hydrogens is 190 g/mol. The topological polar surface area (TPSA) is 59.2 Å². The first-order valence-electron chi connectivity index (χ1n) is 4.72. The van der Waals surface area contributed by atoms with E-state index in [1.807, 2.05) is 24.3 Å². The van der Waals surface area contributed by atoms with Gasteiger partial charge in [-0.05, 0) is 23.8 Å². The molecule has 2 heterocycles. The van der Waals surface area contributed by atoms with Gasteiger partial charge in [0, 0.05) is 18.0 Å². The summed E-state index contributed by atoms with van der Waals surface area (Å²) in [4.78, 5) is 17.0. The fourth-order valence-corrected chi connectivity index (χ4v) is 2.04. The van der Waals surface area contributed by atoms with Crippen LogP contribution in [0.4, 0.5) is 4.79 Å². The van der Waals surface area contributed by atoms with Crippen molar-refractivity contribution in [3.05, 3.63) is 40.5 Å². The van der Waals surface area contributed by atoms with Crippen molar-refractivity contribution in [3.63, 3.8) is 0 Å². The SMILES string of the molecule is NC(=O)N1CC=C2C=c3ncccc3=C21. The maximum absolute atomic E-state index is 11.2. The second kappa shape index (κ2) is 2.70. The largest absolute Gasteiger partial charge is 0.351 e. The van der Waals surface area contributed by atoms with Gasteiger partial charge in [-0.1, -0.05) is 6.08 Å². The number of carbonyl (C=O) groups excluding carboxylic acids is 1. The Kier molecular flexibility index (Phi) is 1.48. The summed E-state index contributed by atoms with van der Waals surface area (Å²) in [5, 5.41) is 1.89. The predicted octanol–water partition coefficient (Wildman–Crippen LogP) is -0.695. The van der Waals surface area contributed by atoms with Crippen LogP contribution in [0.5, 0.6) is 0 Å². The van der Waals surface area contributed by atoms with Gasteiger partial charge in [-0.2, -0.15) is 0 Å². The van der Waals surface area contributed by atoms with E-state index >= 15 is 0 Å². The highest BCUT2D eigenvalue weighted by Gasteiger charge is 2.26. The van der Waals surface area contributed by atoms with Crippen LogP contribution in [0.1, 0.15) is 0 Å². The molecule has 1 aromatic heterocycles. The maximum Gasteiger partial charge on any atom is 0.319 e. The number of fused-ring (bicyclic) bond motifs is 2. The maximum atomic E-state index is 11.2. The molecule has 4 heteroatoms. The van der Waals surface area contributed by atoms with E-state index < -0.39 is 6.03 Å². The fourth-order valence-electron chi connectivity index (χ4n) is 2.04. The Bertz CT molecular complexity index is 601. The highest BCUT2D eigenvalue weighted by Crippen LogP contribution is 2.24. The van der Waals surface area contributed by atoms with E-state index in [-0.39, 0.29) is 0 Å². The van der Waals surface area contributed by atoms with Gasteiger partial charge in [0.1, 0.15) is 0 Å². The minimum Gasteiger partial charge on any atom is -0.351 e. The zero-order chi connectivity index (χ0) is 10.4. The average Bonchev–Trinajstić information content (AvgIpc) is 2.74. The summed E-state index contributed by atoms with van der Waals surface area (Å²) in [6, 6.07) is 3.40. The number of hydrogen-bond acceptors (Lipinski definition) is 2. The molecule has 2 aliphatic rings. The molecular formula is C11H9N3O. The Labute approximate surface area is 86.0 Å². The number of nitrogens with zero attached hydrogens (tertiary/aromatic N) is 2. The van der Waals surface area contributed by atoms with Crippen LogP contribution in [0.3, 0.4) is 0 Å². The first kappa shape index (κ1) is 8.23. The van der Waals surface area contributed by atoms with Crippen LogP contribution in [-0.2, 0) is 0 Å². The van der Waals surface area contributed by atoms with Crippen LogP contribution < -0.4 is 16.3 Å². The Balaban J connectivity index is 2.34. The van der Waals surface area contributed by atoms with Gasteiger partial charge in [0.25, 0.3) is 0 Å². The lowest BCUT2D eigenvalue weighted by molar-refractivity contribution is 0.231. The molecule has 0 saturated carbocycles. The van der Waals surface area contributed by atoms with E-state index in [0.717, 1.165) is 21.8 Å². The van der Waals surface area contributed by atoms with E-state index in [2.05, 4.69) is 4.98 Å². The first-order chi connectivity index (χ1) is 7.27. The smallest absolute Gasteiger partial charge is 0.319 e. The quantitative estimate of drug-likeness (QED) is 0.601. The molecule has 1 aliphatic carbocycles. The average molecular weight is 199 g/mol. The molecule has 3 rings (SSSR count). The van der Waals surface area contributed by atoms with Crippen LogP contribution in [-0.4, -0.2) is 22.5 Å². The van der Waals surface area contributed by atoms with Gasteiger partial charge in [-0.25, -0.2) is 4.79 Å². The van der Waals surface area contributed by atoms with Crippen molar-refractivity contribution in [2.24, 2.45) is 5.73 Å². The summed E-state index contributed by atoms with van der Waals surface area (Å²) in [6.07, 6.45) is 5.71. The van der Waals surface area contributed by atoms with Crippen molar-refractivity contribution < 1.29 is 4.79 Å². The lowest BCUT2D eigenvalue weighted by Gasteiger charge is -2.14. The van der Waals surface area contributed by atoms with Gasteiger partial charge in [0.05, 0.1) is 11.0 Å². The van der Waals surface area contributed by atoms with Crippen molar-refractivity contribution in [2.45, 2.75) is 0 Å². The molecule has 0 bridgehead atoms. The second-order valence-electron chi connectivity index (χ2n) is 3.54. The summed E-state index contributed by atoms with van der Waals surface area (Å²) in [5.41, 5.74) is 7.25. The van der Waals surface area contributed by atoms with Crippen LogP contribution in [0, 0.1) is 0 Å². The van der Waals surface area contributed by atoms with Crippen molar-refractivity contribution in [1.29, 1.82) is 0 Å². The lowest BCUT2D eigenvalue weighted by atomic mass is 10.2. The number of primary amides is 1. The second-order valence-corrected chi connectivity index (χ2v) is 3.54. The number of urea groups is 1. The summed E-state index contributed by atoms with van der Waals surface area (Å²) in [5.74, 6) is 0. The van der Waals surface area contributed by atoms with Gasteiger partial charge in [-0.15, -0.1) is 0 Å². The van der Waals surface area contributed by atoms with Crippen LogP contribution in [0.15, 0.2) is 30.0 Å². The van der Waals surface area contributed by atoms with Crippen molar-refractivity contribution in [2.75, 3.05) is 6.54 Å². The molecule has 1 aliphatic heterocycles. The van der Waals surface area contributed by atoms with E-state index in [1.165, 1.54) is 0 Å². The van der Waals surface area contributed by atoms with E-state index in [4.69, 9.17) is 5.73 Å². The van der Waals surface area contributed by atoms with Crippen molar-refractivity contribution >= 4 is 17.8 Å². The Hall–Kier alpha value is -2.10. The molecule has 0 unspecified atom stereocenters. The number of aromatic nitrogens is 1. The minimum atomic E-state index is -0.415. The summed E-state index contributed by atoms with van der Waals surface area (Å²) in [6.45, 7) is 0.560. The molecule has 0 fully saturated rings. The molecule has 2 amide bonds. The normalized spacial score (nSPS) is 16.9. The monoisotopic (exact) mass is 199 g/mol. The number of pyridine rings is 1. The Morgan fingerprint density at radius 2 is 2.40 bits per heavy atom. The van der Waals surface area contributed by atoms with Gasteiger partial charge in [-0.3, -0.25) is 9.88 Å². The Morgan fingerprint density at radius 3 is 3.20 bits per heavy atom. The minimum absolute atomic E-state index is 0.415. The lowest BCUT2D eigenvalue weighted by Crippen LogP contribution is -2.37. The number of hydrogen-bond donors (Lipinski definition) is 1. The molecule has 0 aromatic carbocycles. The van der Waals surface area contributed by atoms with Crippen LogP contribution >= 0.6 is 0 Å². The fraction of sp³-hybridized carbons (Fsp3) is 0.0909. The van der Waals surface area contributed by atoms with Crippen molar-refractivity contribution in [1.82, 2.24) is 9.88 Å². The molecule has 1 aromatic rings. The Morgan fingerprint density at radius 1 is 1.53 bits per heavy atom. The third kappa shape index (κ3) is 1.01.